The quantitative estimate of drug-likeness (QED) is 0.445. The van der Waals surface area contributed by atoms with Crippen LogP contribution in [0.5, 0.6) is 0 Å². The molecule has 0 fully saturated rings. The number of azide groups is 1. The van der Waals surface area contributed by atoms with Gasteiger partial charge in [-0.15, -0.1) is 0 Å². The van der Waals surface area contributed by atoms with Crippen molar-refractivity contribution >= 4 is 6.08 Å². The Morgan fingerprint density at radius 3 is 2.73 bits per heavy atom. The molecule has 0 radical (unpaired) electrons. The zero-order valence-electron chi connectivity index (χ0n) is 8.72. The molecule has 0 amide bonds. The first-order valence-corrected chi connectivity index (χ1v) is 4.77. The van der Waals surface area contributed by atoms with E-state index in [0.29, 0.717) is 6.54 Å². The Morgan fingerprint density at radius 1 is 1.40 bits per heavy atom. The van der Waals surface area contributed by atoms with Crippen molar-refractivity contribution in [2.45, 2.75) is 6.54 Å². The van der Waals surface area contributed by atoms with Gasteiger partial charge >= 0.3 is 0 Å². The van der Waals surface area contributed by atoms with Crippen molar-refractivity contribution in [1.82, 2.24) is 5.32 Å². The van der Waals surface area contributed by atoms with Gasteiger partial charge in [0.15, 0.2) is 0 Å². The summed E-state index contributed by atoms with van der Waals surface area (Å²) in [6, 6.07) is 8.23. The van der Waals surface area contributed by atoms with Crippen molar-refractivity contribution in [1.29, 1.82) is 0 Å². The van der Waals surface area contributed by atoms with Gasteiger partial charge in [0, 0.05) is 18.0 Å². The Hall–Kier alpha value is -1.77. The minimum atomic E-state index is 0.398. The van der Waals surface area contributed by atoms with Crippen LogP contribution in [0.3, 0.4) is 0 Å². The molecule has 78 valence electrons. The Morgan fingerprint density at radius 2 is 2.13 bits per heavy atom. The molecule has 0 unspecified atom stereocenters. The zero-order valence-corrected chi connectivity index (χ0v) is 8.72. The number of hydrogen-bond acceptors (Lipinski definition) is 2. The molecule has 0 spiro atoms. The van der Waals surface area contributed by atoms with Crippen LogP contribution in [-0.4, -0.2) is 13.6 Å². The normalized spacial score (nSPS) is 10.2. The summed E-state index contributed by atoms with van der Waals surface area (Å²) in [4.78, 5) is 2.67. The van der Waals surface area contributed by atoms with Crippen LogP contribution in [0.15, 0.2) is 35.5 Å². The summed E-state index contributed by atoms with van der Waals surface area (Å²) in [5.74, 6) is 0. The van der Waals surface area contributed by atoms with Crippen LogP contribution in [0.2, 0.25) is 0 Å². The maximum Gasteiger partial charge on any atom is 0.0443 e. The highest BCUT2D eigenvalue weighted by molar-refractivity contribution is 5.49. The van der Waals surface area contributed by atoms with E-state index in [1.807, 2.05) is 31.3 Å². The number of nitrogens with one attached hydrogen (secondary N) is 1. The first-order valence-electron chi connectivity index (χ1n) is 4.77. The number of hydrogen-bond donors (Lipinski definition) is 1. The molecular weight excluding hydrogens is 188 g/mol. The van der Waals surface area contributed by atoms with E-state index in [1.165, 1.54) is 5.56 Å². The van der Waals surface area contributed by atoms with E-state index in [1.54, 1.807) is 0 Å². The van der Waals surface area contributed by atoms with Crippen molar-refractivity contribution in [3.8, 4) is 0 Å². The largest absolute Gasteiger partial charge is 0.316 e. The average Bonchev–Trinajstić information content (AvgIpc) is 2.27. The van der Waals surface area contributed by atoms with Crippen LogP contribution in [0.25, 0.3) is 16.5 Å². The Labute approximate surface area is 89.3 Å². The molecule has 1 aromatic carbocycles. The number of nitrogens with zero attached hydrogens (tertiary/aromatic N) is 3. The van der Waals surface area contributed by atoms with Gasteiger partial charge in [0.1, 0.15) is 0 Å². The van der Waals surface area contributed by atoms with Crippen LogP contribution in [0.4, 0.5) is 0 Å². The second-order valence-electron chi connectivity index (χ2n) is 3.09. The van der Waals surface area contributed by atoms with Gasteiger partial charge in [-0.1, -0.05) is 41.5 Å². The fraction of sp³-hybridized carbons (Fsp3) is 0.273. The van der Waals surface area contributed by atoms with Crippen molar-refractivity contribution in [2.75, 3.05) is 13.6 Å². The van der Waals surface area contributed by atoms with Crippen LogP contribution in [0, 0.1) is 0 Å². The van der Waals surface area contributed by atoms with E-state index in [-0.39, 0.29) is 0 Å². The molecule has 15 heavy (non-hydrogen) atoms. The monoisotopic (exact) mass is 202 g/mol. The van der Waals surface area contributed by atoms with Gasteiger partial charge in [-0.05, 0) is 23.7 Å². The summed E-state index contributed by atoms with van der Waals surface area (Å²) in [5, 5.41) is 6.51. The van der Waals surface area contributed by atoms with Gasteiger partial charge in [-0.25, -0.2) is 0 Å². The third kappa shape index (κ3) is 4.31. The summed E-state index contributed by atoms with van der Waals surface area (Å²) in [5.41, 5.74) is 10.4. The fourth-order valence-electron chi connectivity index (χ4n) is 1.22. The molecule has 0 heterocycles. The van der Waals surface area contributed by atoms with Crippen LogP contribution in [-0.2, 0) is 6.54 Å². The molecule has 0 aromatic heterocycles. The van der Waals surface area contributed by atoms with Crippen LogP contribution in [0.1, 0.15) is 11.1 Å². The number of rotatable bonds is 5. The van der Waals surface area contributed by atoms with Crippen LogP contribution >= 0.6 is 0 Å². The lowest BCUT2D eigenvalue weighted by atomic mass is 10.1. The van der Waals surface area contributed by atoms with Gasteiger partial charge in [0.05, 0.1) is 0 Å². The molecule has 0 aliphatic carbocycles. The minimum absolute atomic E-state index is 0.398. The molecule has 0 saturated heterocycles. The summed E-state index contributed by atoms with van der Waals surface area (Å²) in [6.45, 7) is 1.28. The SMILES string of the molecule is CNCc1ccc(C=CCN=[N+]=[N-])cc1. The predicted octanol–water partition coefficient (Wildman–Crippen LogP) is 2.73. The smallest absolute Gasteiger partial charge is 0.0443 e. The summed E-state index contributed by atoms with van der Waals surface area (Å²) < 4.78 is 0. The molecule has 1 rings (SSSR count). The van der Waals surface area contributed by atoms with Crippen LogP contribution < -0.4 is 5.32 Å². The van der Waals surface area contributed by atoms with Gasteiger partial charge in [0.2, 0.25) is 0 Å². The average molecular weight is 202 g/mol. The third-order valence-electron chi connectivity index (χ3n) is 1.92. The fourth-order valence-corrected chi connectivity index (χ4v) is 1.22. The lowest BCUT2D eigenvalue weighted by molar-refractivity contribution is 0.818. The van der Waals surface area contributed by atoms with Crippen molar-refractivity contribution in [3.05, 3.63) is 51.9 Å². The molecule has 0 aliphatic heterocycles. The first kappa shape index (κ1) is 11.3. The molecule has 0 saturated carbocycles. The minimum Gasteiger partial charge on any atom is -0.316 e. The van der Waals surface area contributed by atoms with E-state index < -0.39 is 0 Å². The Balaban J connectivity index is 2.55. The van der Waals surface area contributed by atoms with Gasteiger partial charge in [-0.2, -0.15) is 0 Å². The summed E-state index contributed by atoms with van der Waals surface area (Å²) in [7, 11) is 1.92. The maximum atomic E-state index is 8.08. The summed E-state index contributed by atoms with van der Waals surface area (Å²) >= 11 is 0. The third-order valence-corrected chi connectivity index (χ3v) is 1.92. The molecule has 4 nitrogen and oxygen atoms in total. The molecule has 4 heteroatoms. The van der Waals surface area contributed by atoms with Gasteiger partial charge in [0.25, 0.3) is 0 Å². The molecule has 0 aliphatic rings. The van der Waals surface area contributed by atoms with Crippen molar-refractivity contribution in [2.24, 2.45) is 5.11 Å². The Kier molecular flexibility index (Phi) is 5.01. The van der Waals surface area contributed by atoms with Gasteiger partial charge in [-0.3, -0.25) is 0 Å². The van der Waals surface area contributed by atoms with E-state index >= 15 is 0 Å². The maximum absolute atomic E-state index is 8.08. The lowest BCUT2D eigenvalue weighted by Gasteiger charge is -1.99. The van der Waals surface area contributed by atoms with Gasteiger partial charge < -0.3 is 5.32 Å². The van der Waals surface area contributed by atoms with E-state index in [9.17, 15) is 0 Å². The van der Waals surface area contributed by atoms with Crippen molar-refractivity contribution in [3.63, 3.8) is 0 Å². The highest BCUT2D eigenvalue weighted by atomic mass is 15.1. The first-order chi connectivity index (χ1) is 7.36. The van der Waals surface area contributed by atoms with Crippen molar-refractivity contribution < 1.29 is 0 Å². The van der Waals surface area contributed by atoms with E-state index in [2.05, 4.69) is 27.5 Å². The van der Waals surface area contributed by atoms with E-state index in [4.69, 9.17) is 5.53 Å². The molecule has 1 N–H and O–H groups in total. The zero-order chi connectivity index (χ0) is 10.9. The highest BCUT2D eigenvalue weighted by Gasteiger charge is 1.89. The molecule has 1 aromatic rings. The number of benzene rings is 1. The lowest BCUT2D eigenvalue weighted by Crippen LogP contribution is -2.04. The highest BCUT2D eigenvalue weighted by Crippen LogP contribution is 2.05. The standard InChI is InChI=1S/C11H14N4/c1-13-9-11-6-4-10(5-7-11)3-2-8-14-15-12/h2-7,13H,8-9H2,1H3. The molecule has 0 bridgehead atoms. The predicted molar refractivity (Wildman–Crippen MR) is 62.3 cm³/mol. The summed E-state index contributed by atoms with van der Waals surface area (Å²) in [6.07, 6.45) is 3.78. The second kappa shape index (κ2) is 6.65. The van der Waals surface area contributed by atoms with E-state index in [0.717, 1.165) is 12.1 Å². The second-order valence-corrected chi connectivity index (χ2v) is 3.09. The molecular formula is C11H14N4. The molecule has 0 atom stereocenters. The Bertz CT molecular complexity index is 361. The topological polar surface area (TPSA) is 60.8 Å².